The summed E-state index contributed by atoms with van der Waals surface area (Å²) >= 11 is 0. The van der Waals surface area contributed by atoms with E-state index in [0.29, 0.717) is 18.2 Å². The number of aromatic amines is 1. The Kier molecular flexibility index (Phi) is 4.89. The Balaban J connectivity index is 1.41. The molecule has 3 aromatic rings. The number of carbonyl (C=O) groups is 1. The van der Waals surface area contributed by atoms with Crippen LogP contribution < -0.4 is 5.32 Å². The number of amides is 1. The number of para-hydroxylation sites is 1. The zero-order chi connectivity index (χ0) is 18.8. The molecule has 1 saturated heterocycles. The highest BCUT2D eigenvalue weighted by Gasteiger charge is 2.19. The number of benzene rings is 1. The van der Waals surface area contributed by atoms with E-state index < -0.39 is 0 Å². The van der Waals surface area contributed by atoms with Crippen LogP contribution in [0.5, 0.6) is 0 Å². The molecule has 0 radical (unpaired) electrons. The van der Waals surface area contributed by atoms with E-state index in [2.05, 4.69) is 25.6 Å². The molecule has 8 heteroatoms. The summed E-state index contributed by atoms with van der Waals surface area (Å²) in [6, 6.07) is 6.02. The van der Waals surface area contributed by atoms with Crippen LogP contribution in [0.1, 0.15) is 34.7 Å². The Morgan fingerprint density at radius 1 is 1.41 bits per heavy atom. The van der Waals surface area contributed by atoms with Gasteiger partial charge in [0.1, 0.15) is 5.82 Å². The average Bonchev–Trinajstić information content (AvgIpc) is 3.29. The predicted molar refractivity (Wildman–Crippen MR) is 102 cm³/mol. The fourth-order valence-corrected chi connectivity index (χ4v) is 3.62. The van der Waals surface area contributed by atoms with Gasteiger partial charge in [-0.05, 0) is 50.4 Å². The van der Waals surface area contributed by atoms with Crippen LogP contribution >= 0.6 is 0 Å². The van der Waals surface area contributed by atoms with Crippen molar-refractivity contribution in [3.8, 4) is 0 Å². The molecule has 0 bridgehead atoms. The summed E-state index contributed by atoms with van der Waals surface area (Å²) in [5.41, 5.74) is 3.41. The van der Waals surface area contributed by atoms with Gasteiger partial charge in [-0.1, -0.05) is 17.3 Å². The maximum Gasteiger partial charge on any atom is 0.276 e. The van der Waals surface area contributed by atoms with Gasteiger partial charge >= 0.3 is 0 Å². The van der Waals surface area contributed by atoms with Crippen molar-refractivity contribution >= 4 is 16.9 Å². The Morgan fingerprint density at radius 2 is 2.30 bits per heavy atom. The summed E-state index contributed by atoms with van der Waals surface area (Å²) < 4.78 is 1.78. The number of nitrogens with zero attached hydrogens (tertiary/aromatic N) is 5. The summed E-state index contributed by atoms with van der Waals surface area (Å²) in [6.45, 7) is 5.30. The smallest absolute Gasteiger partial charge is 0.276 e. The second-order valence-corrected chi connectivity index (χ2v) is 7.35. The van der Waals surface area contributed by atoms with E-state index in [1.165, 1.54) is 12.8 Å². The summed E-state index contributed by atoms with van der Waals surface area (Å²) in [7, 11) is 1.76. The van der Waals surface area contributed by atoms with Gasteiger partial charge in [-0.15, -0.1) is 5.10 Å². The van der Waals surface area contributed by atoms with E-state index in [-0.39, 0.29) is 5.91 Å². The number of nitrogens with one attached hydrogen (secondary N) is 2. The molecule has 0 saturated carbocycles. The summed E-state index contributed by atoms with van der Waals surface area (Å²) in [4.78, 5) is 22.2. The minimum atomic E-state index is -0.153. The van der Waals surface area contributed by atoms with E-state index in [0.717, 1.165) is 42.1 Å². The van der Waals surface area contributed by atoms with Crippen LogP contribution in [0.15, 0.2) is 24.4 Å². The number of aryl methyl sites for hydroxylation is 1. The number of imidazole rings is 1. The van der Waals surface area contributed by atoms with Crippen LogP contribution in [0, 0.1) is 12.8 Å². The summed E-state index contributed by atoms with van der Waals surface area (Å²) in [5.74, 6) is 1.15. The topological polar surface area (TPSA) is 91.7 Å². The number of rotatable bonds is 5. The standard InChI is InChI=1S/C19H25N7O/c1-13-5-3-7-15-18(13)22-17(21-15)12-25(2)19(27)16-11-26(24-23-16)10-14-6-4-8-20-9-14/h3,5,7,11,14,20H,4,6,8-10,12H2,1-2H3,(H,21,22). The van der Waals surface area contributed by atoms with Gasteiger partial charge in [-0.2, -0.15) is 0 Å². The van der Waals surface area contributed by atoms with Gasteiger partial charge in [0.05, 0.1) is 23.8 Å². The fraction of sp³-hybridized carbons (Fsp3) is 0.474. The third-order valence-corrected chi connectivity index (χ3v) is 5.10. The van der Waals surface area contributed by atoms with Gasteiger partial charge in [0.25, 0.3) is 5.91 Å². The first-order valence-corrected chi connectivity index (χ1v) is 9.40. The Morgan fingerprint density at radius 3 is 3.07 bits per heavy atom. The van der Waals surface area contributed by atoms with Crippen molar-refractivity contribution in [3.63, 3.8) is 0 Å². The molecule has 0 aliphatic carbocycles. The zero-order valence-corrected chi connectivity index (χ0v) is 15.8. The highest BCUT2D eigenvalue weighted by Crippen LogP contribution is 2.17. The molecule has 0 spiro atoms. The van der Waals surface area contributed by atoms with E-state index in [9.17, 15) is 4.79 Å². The van der Waals surface area contributed by atoms with Gasteiger partial charge in [0.2, 0.25) is 0 Å². The predicted octanol–water partition coefficient (Wildman–Crippen LogP) is 1.73. The zero-order valence-electron chi connectivity index (χ0n) is 15.8. The molecule has 1 unspecified atom stereocenters. The lowest BCUT2D eigenvalue weighted by Gasteiger charge is -2.22. The first-order valence-electron chi connectivity index (χ1n) is 9.40. The maximum absolute atomic E-state index is 12.7. The molecule has 1 fully saturated rings. The number of piperidine rings is 1. The van der Waals surface area contributed by atoms with Gasteiger partial charge < -0.3 is 15.2 Å². The normalized spacial score (nSPS) is 17.3. The molecule has 1 amide bonds. The molecule has 8 nitrogen and oxygen atoms in total. The van der Waals surface area contributed by atoms with Gasteiger partial charge in [0.15, 0.2) is 5.69 Å². The van der Waals surface area contributed by atoms with Gasteiger partial charge in [-0.3, -0.25) is 9.48 Å². The monoisotopic (exact) mass is 367 g/mol. The molecule has 1 aliphatic rings. The van der Waals surface area contributed by atoms with Crippen LogP contribution in [0.25, 0.3) is 11.0 Å². The Labute approximate surface area is 158 Å². The maximum atomic E-state index is 12.7. The van der Waals surface area contributed by atoms with Crippen LogP contribution in [0.2, 0.25) is 0 Å². The molecule has 1 atom stereocenters. The van der Waals surface area contributed by atoms with Gasteiger partial charge in [-0.25, -0.2) is 4.98 Å². The summed E-state index contributed by atoms with van der Waals surface area (Å²) in [6.07, 6.45) is 4.11. The Hall–Kier alpha value is -2.74. The first kappa shape index (κ1) is 17.7. The number of carbonyl (C=O) groups excluding carboxylic acids is 1. The van der Waals surface area contributed by atoms with Crippen molar-refractivity contribution in [2.24, 2.45) is 5.92 Å². The average molecular weight is 367 g/mol. The fourth-order valence-electron chi connectivity index (χ4n) is 3.62. The van der Waals surface area contributed by atoms with E-state index in [4.69, 9.17) is 0 Å². The van der Waals surface area contributed by atoms with Gasteiger partial charge in [0, 0.05) is 13.6 Å². The summed E-state index contributed by atoms with van der Waals surface area (Å²) in [5, 5.41) is 11.6. The number of hydrogen-bond acceptors (Lipinski definition) is 5. The first-order chi connectivity index (χ1) is 13.1. The minimum absolute atomic E-state index is 0.153. The van der Waals surface area contributed by atoms with Crippen LogP contribution in [0.3, 0.4) is 0 Å². The highest BCUT2D eigenvalue weighted by molar-refractivity contribution is 5.91. The number of H-pyrrole nitrogens is 1. The molecular weight excluding hydrogens is 342 g/mol. The van der Waals surface area contributed by atoms with E-state index >= 15 is 0 Å². The molecule has 2 N–H and O–H groups in total. The third kappa shape index (κ3) is 3.85. The van der Waals surface area contributed by atoms with Crippen LogP contribution in [0.4, 0.5) is 0 Å². The molecule has 4 rings (SSSR count). The van der Waals surface area contributed by atoms with Crippen molar-refractivity contribution in [1.82, 2.24) is 35.2 Å². The molecule has 1 aliphatic heterocycles. The highest BCUT2D eigenvalue weighted by atomic mass is 16.2. The molecule has 1 aromatic carbocycles. The lowest BCUT2D eigenvalue weighted by Crippen LogP contribution is -2.32. The molecule has 2 aromatic heterocycles. The lowest BCUT2D eigenvalue weighted by molar-refractivity contribution is 0.0776. The molecule has 27 heavy (non-hydrogen) atoms. The van der Waals surface area contributed by atoms with Crippen molar-refractivity contribution in [1.29, 1.82) is 0 Å². The van der Waals surface area contributed by atoms with Crippen LogP contribution in [-0.4, -0.2) is 55.9 Å². The van der Waals surface area contributed by atoms with Crippen molar-refractivity contribution in [3.05, 3.63) is 41.5 Å². The molecular formula is C19H25N7O. The minimum Gasteiger partial charge on any atom is -0.340 e. The molecule has 3 heterocycles. The largest absolute Gasteiger partial charge is 0.340 e. The van der Waals surface area contributed by atoms with Crippen LogP contribution in [-0.2, 0) is 13.1 Å². The van der Waals surface area contributed by atoms with Crippen molar-refractivity contribution in [2.45, 2.75) is 32.9 Å². The lowest BCUT2D eigenvalue weighted by atomic mass is 10.00. The second-order valence-electron chi connectivity index (χ2n) is 7.35. The van der Waals surface area contributed by atoms with Crippen molar-refractivity contribution < 1.29 is 4.79 Å². The third-order valence-electron chi connectivity index (χ3n) is 5.10. The number of fused-ring (bicyclic) bond motifs is 1. The van der Waals surface area contributed by atoms with E-state index in [1.54, 1.807) is 22.8 Å². The molecule has 142 valence electrons. The second kappa shape index (κ2) is 7.48. The SMILES string of the molecule is Cc1cccc2[nH]c(CN(C)C(=O)c3cn(CC4CCCNC4)nn3)nc12. The quantitative estimate of drug-likeness (QED) is 0.717. The number of hydrogen-bond donors (Lipinski definition) is 2. The van der Waals surface area contributed by atoms with E-state index in [1.807, 2.05) is 25.1 Å². The number of aromatic nitrogens is 5. The Bertz CT molecular complexity index is 939. The van der Waals surface area contributed by atoms with Crippen molar-refractivity contribution in [2.75, 3.05) is 20.1 Å².